The number of rotatable bonds is 7. The third kappa shape index (κ3) is 7.61. The number of carbonyl (C=O) groups is 2. The van der Waals surface area contributed by atoms with E-state index >= 15 is 0 Å². The fraction of sp³-hybridized carbons (Fsp3) is 0.240. The van der Waals surface area contributed by atoms with Gasteiger partial charge in [0.05, 0.1) is 13.2 Å². The van der Waals surface area contributed by atoms with E-state index in [-0.39, 0.29) is 64.7 Å². The molecule has 0 saturated heterocycles. The number of hydrogen-bond acceptors (Lipinski definition) is 6. The Hall–Kier alpha value is -2.27. The SMILES string of the molecule is COc1ccc(C)c(-c2cccc([C@H](CC(=O)[O-])NC(=O)Nc3c([O-])c(C)cn(C)c3=O)c2)c1.[Na+].[Na+]. The minimum Gasteiger partial charge on any atom is -0.871 e. The molecule has 1 heterocycles. The van der Waals surface area contributed by atoms with Gasteiger partial charge in [-0.15, -0.1) is 0 Å². The maximum absolute atomic E-state index is 12.7. The molecule has 36 heavy (non-hydrogen) atoms. The number of amides is 2. The number of pyridine rings is 1. The normalized spacial score (nSPS) is 10.9. The molecule has 0 bridgehead atoms. The second-order valence-corrected chi connectivity index (χ2v) is 7.97. The smallest absolute Gasteiger partial charge is 0.871 e. The quantitative estimate of drug-likeness (QED) is 0.310. The minimum absolute atomic E-state index is 0. The van der Waals surface area contributed by atoms with E-state index in [0.717, 1.165) is 16.7 Å². The van der Waals surface area contributed by atoms with Crippen molar-refractivity contribution in [3.8, 4) is 22.6 Å². The Balaban J connectivity index is 0.00000324. The summed E-state index contributed by atoms with van der Waals surface area (Å²) in [5.74, 6) is -1.31. The maximum atomic E-state index is 12.7. The molecule has 178 valence electrons. The average molecular weight is 509 g/mol. The molecule has 3 aromatic rings. The van der Waals surface area contributed by atoms with E-state index in [2.05, 4.69) is 10.6 Å². The first-order valence-corrected chi connectivity index (χ1v) is 10.5. The van der Waals surface area contributed by atoms with Crippen LogP contribution >= 0.6 is 0 Å². The van der Waals surface area contributed by atoms with Crippen LogP contribution in [-0.4, -0.2) is 23.7 Å². The zero-order valence-electron chi connectivity index (χ0n) is 21.3. The van der Waals surface area contributed by atoms with Crippen LogP contribution in [0.15, 0.2) is 53.5 Å². The number of carboxylic acids is 1. The predicted molar refractivity (Wildman–Crippen MR) is 124 cm³/mol. The Kier molecular flexibility index (Phi) is 12.2. The van der Waals surface area contributed by atoms with E-state index in [1.807, 2.05) is 31.2 Å². The second kappa shape index (κ2) is 13.9. The molecule has 9 nitrogen and oxygen atoms in total. The number of aliphatic carboxylic acids is 1. The van der Waals surface area contributed by atoms with Crippen LogP contribution in [0, 0.1) is 13.8 Å². The third-order valence-corrected chi connectivity index (χ3v) is 5.47. The number of benzene rings is 2. The number of aromatic nitrogens is 1. The van der Waals surface area contributed by atoms with Crippen molar-refractivity contribution in [2.45, 2.75) is 26.3 Å². The van der Waals surface area contributed by atoms with Crippen molar-refractivity contribution in [1.82, 2.24) is 9.88 Å². The molecule has 0 fully saturated rings. The summed E-state index contributed by atoms with van der Waals surface area (Å²) in [6, 6.07) is 10.8. The first-order valence-electron chi connectivity index (χ1n) is 10.5. The molecule has 2 amide bonds. The Bertz CT molecular complexity index is 1310. The van der Waals surface area contributed by atoms with E-state index in [0.29, 0.717) is 11.3 Å². The van der Waals surface area contributed by atoms with Gasteiger partial charge in [0.2, 0.25) is 0 Å². The van der Waals surface area contributed by atoms with Crippen molar-refractivity contribution in [3.05, 3.63) is 75.7 Å². The van der Waals surface area contributed by atoms with Crippen molar-refractivity contribution >= 4 is 17.7 Å². The maximum Gasteiger partial charge on any atom is 1.00 e. The van der Waals surface area contributed by atoms with Gasteiger partial charge in [0.1, 0.15) is 11.4 Å². The van der Waals surface area contributed by atoms with E-state index < -0.39 is 41.5 Å². The molecule has 11 heteroatoms. The van der Waals surface area contributed by atoms with Gasteiger partial charge in [-0.3, -0.25) is 4.79 Å². The van der Waals surface area contributed by atoms with Gasteiger partial charge in [0.15, 0.2) is 0 Å². The van der Waals surface area contributed by atoms with Crippen LogP contribution < -0.4 is 90.3 Å². The molecule has 0 unspecified atom stereocenters. The minimum atomic E-state index is -1.37. The zero-order chi connectivity index (χ0) is 25.0. The van der Waals surface area contributed by atoms with Gasteiger partial charge in [-0.25, -0.2) is 4.79 Å². The number of carboxylic acid groups (broad SMARTS) is 1. The fourth-order valence-corrected chi connectivity index (χ4v) is 3.68. The molecule has 3 rings (SSSR count). The molecule has 0 saturated carbocycles. The fourth-order valence-electron chi connectivity index (χ4n) is 3.68. The van der Waals surface area contributed by atoms with Crippen molar-refractivity contribution in [1.29, 1.82) is 0 Å². The molecule has 0 aliphatic rings. The number of hydrogen-bond donors (Lipinski definition) is 2. The summed E-state index contributed by atoms with van der Waals surface area (Å²) in [5.41, 5.74) is 2.39. The number of aryl methyl sites for hydroxylation is 3. The Labute approximate surface area is 253 Å². The molecule has 2 aromatic carbocycles. The van der Waals surface area contributed by atoms with Gasteiger partial charge in [-0.2, -0.15) is 0 Å². The van der Waals surface area contributed by atoms with Gasteiger partial charge < -0.3 is 34.9 Å². The van der Waals surface area contributed by atoms with Crippen molar-refractivity contribution in [2.75, 3.05) is 12.4 Å². The van der Waals surface area contributed by atoms with Crippen molar-refractivity contribution < 1.29 is 83.7 Å². The number of nitrogens with zero attached hydrogens (tertiary/aromatic N) is 1. The largest absolute Gasteiger partial charge is 1.00 e. The molecule has 0 aliphatic carbocycles. The standard InChI is InChI=1S/C25H27N3O6.2Na/c1-14-8-9-18(34-4)11-19(14)16-6-5-7-17(10-16)20(12-21(29)30)26-25(33)27-22-23(31)15(2)13-28(3)24(22)32;;/h5-11,13,20,31H,12H2,1-4H3,(H,29,30)(H2,26,27,33);;/q;2*+1/p-2/t20-;;/m0../s1. The van der Waals surface area contributed by atoms with Crippen LogP contribution in [0.25, 0.3) is 11.1 Å². The van der Waals surface area contributed by atoms with Gasteiger partial charge >= 0.3 is 65.1 Å². The topological polar surface area (TPSA) is 136 Å². The van der Waals surface area contributed by atoms with Gasteiger partial charge in [0, 0.05) is 25.6 Å². The number of methoxy groups -OCH3 is 1. The Morgan fingerprint density at radius 3 is 2.42 bits per heavy atom. The molecular weight excluding hydrogens is 484 g/mol. The predicted octanol–water partition coefficient (Wildman–Crippen LogP) is -4.24. The van der Waals surface area contributed by atoms with E-state index in [4.69, 9.17) is 4.74 Å². The molecule has 1 aromatic heterocycles. The first-order chi connectivity index (χ1) is 16.1. The molecule has 0 spiro atoms. The van der Waals surface area contributed by atoms with E-state index in [1.165, 1.54) is 24.7 Å². The summed E-state index contributed by atoms with van der Waals surface area (Å²) < 4.78 is 6.49. The number of carbonyl (C=O) groups excluding carboxylic acids is 2. The van der Waals surface area contributed by atoms with E-state index in [9.17, 15) is 24.6 Å². The van der Waals surface area contributed by atoms with Crippen LogP contribution in [0.5, 0.6) is 11.5 Å². The molecule has 2 N–H and O–H groups in total. The molecule has 0 aliphatic heterocycles. The summed E-state index contributed by atoms with van der Waals surface area (Å²) in [6.45, 7) is 3.46. The molecule has 0 radical (unpaired) electrons. The monoisotopic (exact) mass is 509 g/mol. The number of urea groups is 1. The number of ether oxygens (including phenoxy) is 1. The van der Waals surface area contributed by atoms with Crippen LogP contribution in [-0.2, 0) is 11.8 Å². The van der Waals surface area contributed by atoms with Crippen molar-refractivity contribution in [2.24, 2.45) is 7.05 Å². The van der Waals surface area contributed by atoms with Gasteiger partial charge in [-0.05, 0) is 59.9 Å². The van der Waals surface area contributed by atoms with Crippen molar-refractivity contribution in [3.63, 3.8) is 0 Å². The van der Waals surface area contributed by atoms with Crippen LogP contribution in [0.4, 0.5) is 10.5 Å². The van der Waals surface area contributed by atoms with Crippen LogP contribution in [0.2, 0.25) is 0 Å². The summed E-state index contributed by atoms with van der Waals surface area (Å²) in [5, 5.41) is 28.6. The summed E-state index contributed by atoms with van der Waals surface area (Å²) in [7, 11) is 3.03. The second-order valence-electron chi connectivity index (χ2n) is 7.97. The molecule has 1 atom stereocenters. The van der Waals surface area contributed by atoms with Gasteiger partial charge in [0.25, 0.3) is 5.56 Å². The Morgan fingerprint density at radius 1 is 1.08 bits per heavy atom. The van der Waals surface area contributed by atoms with E-state index in [1.54, 1.807) is 25.3 Å². The average Bonchev–Trinajstić information content (AvgIpc) is 2.80. The Morgan fingerprint density at radius 2 is 1.78 bits per heavy atom. The third-order valence-electron chi connectivity index (χ3n) is 5.47. The summed E-state index contributed by atoms with van der Waals surface area (Å²) >= 11 is 0. The molecular formula is C25H25N3Na2O6. The zero-order valence-corrected chi connectivity index (χ0v) is 25.3. The first kappa shape index (κ1) is 31.8. The summed E-state index contributed by atoms with van der Waals surface area (Å²) in [4.78, 5) is 36.4. The van der Waals surface area contributed by atoms with Crippen LogP contribution in [0.3, 0.4) is 0 Å². The number of nitrogens with one attached hydrogen (secondary N) is 2. The van der Waals surface area contributed by atoms with Gasteiger partial charge in [-0.1, -0.05) is 30.0 Å². The number of anilines is 1. The summed E-state index contributed by atoms with van der Waals surface area (Å²) in [6.07, 6.45) is 0.864. The van der Waals surface area contributed by atoms with Crippen LogP contribution in [0.1, 0.15) is 29.2 Å².